The summed E-state index contributed by atoms with van der Waals surface area (Å²) in [5.41, 5.74) is 2.36. The molecule has 0 amide bonds. The van der Waals surface area contributed by atoms with Gasteiger partial charge in [0.1, 0.15) is 0 Å². The lowest BCUT2D eigenvalue weighted by Gasteiger charge is -2.04. The molecule has 0 aromatic carbocycles. The second kappa shape index (κ2) is 4.01. The van der Waals surface area contributed by atoms with E-state index in [1.54, 1.807) is 6.20 Å². The number of pyridine rings is 1. The van der Waals surface area contributed by atoms with Crippen LogP contribution >= 0.6 is 15.9 Å². The molecular formula is C12H12BrN3. The molecular weight excluding hydrogens is 266 g/mol. The van der Waals surface area contributed by atoms with E-state index in [9.17, 15) is 0 Å². The molecule has 82 valence electrons. The zero-order valence-corrected chi connectivity index (χ0v) is 10.4. The van der Waals surface area contributed by atoms with Gasteiger partial charge in [-0.05, 0) is 25.0 Å². The van der Waals surface area contributed by atoms with E-state index < -0.39 is 0 Å². The highest BCUT2D eigenvalue weighted by Gasteiger charge is 2.26. The van der Waals surface area contributed by atoms with Crippen molar-refractivity contribution in [1.82, 2.24) is 14.8 Å². The number of hydrogen-bond donors (Lipinski definition) is 0. The van der Waals surface area contributed by atoms with Crippen LogP contribution in [0.15, 0.2) is 30.6 Å². The summed E-state index contributed by atoms with van der Waals surface area (Å²) in [6.45, 7) is 0. The second-order valence-electron chi connectivity index (χ2n) is 4.08. The number of halogens is 1. The highest BCUT2D eigenvalue weighted by Crippen LogP contribution is 2.39. The summed E-state index contributed by atoms with van der Waals surface area (Å²) in [5.74, 6) is 1.61. The molecule has 0 unspecified atom stereocenters. The van der Waals surface area contributed by atoms with E-state index in [0.29, 0.717) is 5.92 Å². The van der Waals surface area contributed by atoms with Crippen molar-refractivity contribution in [2.75, 3.05) is 0 Å². The highest BCUT2D eigenvalue weighted by molar-refractivity contribution is 9.08. The minimum Gasteiger partial charge on any atom is -0.237 e. The SMILES string of the molecule is BrCc1cccnc1-n1ccc(C2CC2)n1. The van der Waals surface area contributed by atoms with Gasteiger partial charge in [-0.15, -0.1) is 0 Å². The second-order valence-corrected chi connectivity index (χ2v) is 4.64. The Kier molecular flexibility index (Phi) is 2.52. The van der Waals surface area contributed by atoms with Crippen LogP contribution in [-0.2, 0) is 5.33 Å². The predicted octanol–water partition coefficient (Wildman–Crippen LogP) is 3.04. The zero-order valence-electron chi connectivity index (χ0n) is 8.81. The van der Waals surface area contributed by atoms with Gasteiger partial charge in [-0.25, -0.2) is 9.67 Å². The quantitative estimate of drug-likeness (QED) is 0.808. The smallest absolute Gasteiger partial charge is 0.157 e. The molecule has 3 rings (SSSR count). The monoisotopic (exact) mass is 277 g/mol. The summed E-state index contributed by atoms with van der Waals surface area (Å²) in [4.78, 5) is 4.38. The molecule has 0 bridgehead atoms. The minimum atomic E-state index is 0.692. The molecule has 0 saturated heterocycles. The van der Waals surface area contributed by atoms with Gasteiger partial charge in [0.05, 0.1) is 5.69 Å². The first-order chi connectivity index (χ1) is 7.88. The van der Waals surface area contributed by atoms with E-state index in [1.165, 1.54) is 18.5 Å². The number of hydrogen-bond acceptors (Lipinski definition) is 2. The van der Waals surface area contributed by atoms with Crippen LogP contribution in [-0.4, -0.2) is 14.8 Å². The topological polar surface area (TPSA) is 30.7 Å². The first kappa shape index (κ1) is 10.0. The summed E-state index contributed by atoms with van der Waals surface area (Å²) in [5, 5.41) is 5.38. The Morgan fingerprint density at radius 3 is 3.00 bits per heavy atom. The third-order valence-electron chi connectivity index (χ3n) is 2.83. The van der Waals surface area contributed by atoms with E-state index in [1.807, 2.05) is 16.9 Å². The lowest BCUT2D eigenvalue weighted by atomic mass is 10.3. The Labute approximate surface area is 103 Å². The van der Waals surface area contributed by atoms with Crippen molar-refractivity contribution in [2.24, 2.45) is 0 Å². The minimum absolute atomic E-state index is 0.692. The van der Waals surface area contributed by atoms with E-state index in [4.69, 9.17) is 0 Å². The zero-order chi connectivity index (χ0) is 11.0. The largest absolute Gasteiger partial charge is 0.237 e. The van der Waals surface area contributed by atoms with Gasteiger partial charge >= 0.3 is 0 Å². The molecule has 0 spiro atoms. The van der Waals surface area contributed by atoms with Crippen LogP contribution in [0.2, 0.25) is 0 Å². The van der Waals surface area contributed by atoms with Crippen LogP contribution in [0.25, 0.3) is 5.82 Å². The van der Waals surface area contributed by atoms with Crippen molar-refractivity contribution >= 4 is 15.9 Å². The molecule has 1 aliphatic carbocycles. The average molecular weight is 278 g/mol. The van der Waals surface area contributed by atoms with Crippen molar-refractivity contribution in [3.8, 4) is 5.82 Å². The predicted molar refractivity (Wildman–Crippen MR) is 66.0 cm³/mol. The van der Waals surface area contributed by atoms with Crippen molar-refractivity contribution in [1.29, 1.82) is 0 Å². The maximum absolute atomic E-state index is 4.58. The summed E-state index contributed by atoms with van der Waals surface area (Å²) in [6.07, 6.45) is 6.37. The normalized spacial score (nSPS) is 15.3. The van der Waals surface area contributed by atoms with Gasteiger partial charge in [0.25, 0.3) is 0 Å². The first-order valence-electron chi connectivity index (χ1n) is 5.44. The molecule has 0 N–H and O–H groups in total. The molecule has 4 heteroatoms. The third kappa shape index (κ3) is 1.78. The van der Waals surface area contributed by atoms with Crippen molar-refractivity contribution < 1.29 is 0 Å². The fourth-order valence-electron chi connectivity index (χ4n) is 1.79. The van der Waals surface area contributed by atoms with Crippen LogP contribution in [0.1, 0.15) is 30.0 Å². The summed E-state index contributed by atoms with van der Waals surface area (Å²) >= 11 is 3.47. The fraction of sp³-hybridized carbons (Fsp3) is 0.333. The summed E-state index contributed by atoms with van der Waals surface area (Å²) < 4.78 is 1.88. The van der Waals surface area contributed by atoms with Gasteiger partial charge in [-0.1, -0.05) is 22.0 Å². The van der Waals surface area contributed by atoms with Crippen LogP contribution in [0.4, 0.5) is 0 Å². The van der Waals surface area contributed by atoms with Gasteiger partial charge in [-0.3, -0.25) is 0 Å². The highest BCUT2D eigenvalue weighted by atomic mass is 79.9. The maximum Gasteiger partial charge on any atom is 0.157 e. The van der Waals surface area contributed by atoms with Gasteiger partial charge < -0.3 is 0 Å². The molecule has 1 fully saturated rings. The molecule has 2 heterocycles. The summed E-state index contributed by atoms with van der Waals surface area (Å²) in [7, 11) is 0. The number of alkyl halides is 1. The van der Waals surface area contributed by atoms with E-state index in [-0.39, 0.29) is 0 Å². The van der Waals surface area contributed by atoms with Crippen LogP contribution in [0.5, 0.6) is 0 Å². The Morgan fingerprint density at radius 2 is 2.25 bits per heavy atom. The average Bonchev–Trinajstić information content (AvgIpc) is 3.07. The van der Waals surface area contributed by atoms with E-state index in [0.717, 1.165) is 16.7 Å². The Bertz CT molecular complexity index is 502. The molecule has 3 nitrogen and oxygen atoms in total. The van der Waals surface area contributed by atoms with E-state index >= 15 is 0 Å². The molecule has 0 aliphatic heterocycles. The fourth-order valence-corrected chi connectivity index (χ4v) is 2.23. The number of nitrogens with zero attached hydrogens (tertiary/aromatic N) is 3. The van der Waals surface area contributed by atoms with Gasteiger partial charge in [0.2, 0.25) is 0 Å². The molecule has 2 aromatic rings. The van der Waals surface area contributed by atoms with Gasteiger partial charge in [-0.2, -0.15) is 5.10 Å². The lowest BCUT2D eigenvalue weighted by molar-refractivity contribution is 0.805. The van der Waals surface area contributed by atoms with Crippen molar-refractivity contribution in [3.05, 3.63) is 41.9 Å². The number of rotatable bonds is 3. The van der Waals surface area contributed by atoms with Crippen LogP contribution in [0.3, 0.4) is 0 Å². The standard InChI is InChI=1S/C12H12BrN3/c13-8-10-2-1-6-14-12(10)16-7-5-11(15-16)9-3-4-9/h1-2,5-7,9H,3-4,8H2. The van der Waals surface area contributed by atoms with Gasteiger partial charge in [0.15, 0.2) is 5.82 Å². The van der Waals surface area contributed by atoms with Crippen molar-refractivity contribution in [3.63, 3.8) is 0 Å². The van der Waals surface area contributed by atoms with Crippen LogP contribution in [0, 0.1) is 0 Å². The molecule has 0 atom stereocenters. The molecule has 16 heavy (non-hydrogen) atoms. The Morgan fingerprint density at radius 1 is 1.38 bits per heavy atom. The maximum atomic E-state index is 4.58. The molecule has 1 saturated carbocycles. The van der Waals surface area contributed by atoms with Crippen molar-refractivity contribution in [2.45, 2.75) is 24.1 Å². The first-order valence-corrected chi connectivity index (χ1v) is 6.56. The lowest BCUT2D eigenvalue weighted by Crippen LogP contribution is -2.02. The number of aromatic nitrogens is 3. The Balaban J connectivity index is 2.00. The van der Waals surface area contributed by atoms with E-state index in [2.05, 4.69) is 38.1 Å². The molecule has 2 aromatic heterocycles. The van der Waals surface area contributed by atoms with Gasteiger partial charge in [0, 0.05) is 29.2 Å². The Hall–Kier alpha value is -1.16. The molecule has 1 aliphatic rings. The molecule has 0 radical (unpaired) electrons. The summed E-state index contributed by atoms with van der Waals surface area (Å²) in [6, 6.07) is 6.12. The van der Waals surface area contributed by atoms with Crippen LogP contribution < -0.4 is 0 Å². The third-order valence-corrected chi connectivity index (χ3v) is 3.44.